The lowest BCUT2D eigenvalue weighted by Crippen LogP contribution is -2.08. The number of aromatic nitrogens is 2. The Morgan fingerprint density at radius 3 is 2.53 bits per heavy atom. The number of hydrogen-bond donors (Lipinski definition) is 2. The molecule has 0 saturated heterocycles. The highest BCUT2D eigenvalue weighted by Crippen LogP contribution is 2.33. The van der Waals surface area contributed by atoms with Crippen molar-refractivity contribution in [3.8, 4) is 0 Å². The topological polar surface area (TPSA) is 40.7 Å². The molecule has 0 amide bonds. The molecule has 1 heterocycles. The van der Waals surface area contributed by atoms with Gasteiger partial charge in [0.15, 0.2) is 0 Å². The second kappa shape index (κ2) is 4.08. The molecule has 1 aromatic carbocycles. The third-order valence-electron chi connectivity index (χ3n) is 2.05. The number of alkyl halides is 3. The maximum atomic E-state index is 13.0. The molecule has 0 radical (unpaired) electrons. The maximum Gasteiger partial charge on any atom is 0.419 e. The van der Waals surface area contributed by atoms with Crippen molar-refractivity contribution in [1.82, 2.24) is 10.2 Å². The van der Waals surface area contributed by atoms with Crippen LogP contribution in [0.15, 0.2) is 30.5 Å². The van der Waals surface area contributed by atoms with E-state index < -0.39 is 17.6 Å². The Morgan fingerprint density at radius 1 is 1.18 bits per heavy atom. The lowest BCUT2D eigenvalue weighted by molar-refractivity contribution is -0.139. The normalized spacial score (nSPS) is 11.5. The summed E-state index contributed by atoms with van der Waals surface area (Å²) in [4.78, 5) is 0. The average Bonchev–Trinajstić information content (AvgIpc) is 2.72. The van der Waals surface area contributed by atoms with Crippen LogP contribution in [-0.2, 0) is 6.18 Å². The van der Waals surface area contributed by atoms with E-state index in [1.807, 2.05) is 0 Å². The molecule has 7 heteroatoms. The average molecular weight is 245 g/mol. The minimum Gasteiger partial charge on any atom is -0.341 e. The first-order valence-electron chi connectivity index (χ1n) is 4.60. The van der Waals surface area contributed by atoms with Crippen molar-refractivity contribution >= 4 is 11.5 Å². The monoisotopic (exact) mass is 245 g/mol. The van der Waals surface area contributed by atoms with E-state index >= 15 is 0 Å². The van der Waals surface area contributed by atoms with E-state index in [9.17, 15) is 17.6 Å². The zero-order chi connectivity index (χ0) is 12.5. The second-order valence-corrected chi connectivity index (χ2v) is 3.29. The molecular weight excluding hydrogens is 238 g/mol. The van der Waals surface area contributed by atoms with Gasteiger partial charge in [0.05, 0.1) is 11.8 Å². The van der Waals surface area contributed by atoms with Gasteiger partial charge < -0.3 is 5.32 Å². The van der Waals surface area contributed by atoms with Crippen LogP contribution < -0.4 is 5.32 Å². The van der Waals surface area contributed by atoms with E-state index in [-0.39, 0.29) is 5.69 Å². The predicted octanol–water partition coefficient (Wildman–Crippen LogP) is 3.31. The van der Waals surface area contributed by atoms with Crippen molar-refractivity contribution in [3.05, 3.63) is 41.8 Å². The number of nitrogens with one attached hydrogen (secondary N) is 2. The molecule has 0 aliphatic carbocycles. The number of benzene rings is 1. The van der Waals surface area contributed by atoms with Crippen LogP contribution in [0.25, 0.3) is 0 Å². The van der Waals surface area contributed by atoms with Gasteiger partial charge in [-0.2, -0.15) is 18.3 Å². The molecule has 90 valence electrons. The molecule has 2 rings (SSSR count). The number of rotatable bonds is 2. The number of hydrogen-bond acceptors (Lipinski definition) is 2. The first-order valence-corrected chi connectivity index (χ1v) is 4.60. The summed E-state index contributed by atoms with van der Waals surface area (Å²) in [5, 5.41) is 8.78. The number of aromatic amines is 1. The van der Waals surface area contributed by atoms with E-state index in [2.05, 4.69) is 15.5 Å². The lowest BCUT2D eigenvalue weighted by Gasteiger charge is -2.10. The van der Waals surface area contributed by atoms with Crippen LogP contribution in [0.1, 0.15) is 5.56 Å². The summed E-state index contributed by atoms with van der Waals surface area (Å²) in [6.45, 7) is 0. The highest BCUT2D eigenvalue weighted by atomic mass is 19.4. The van der Waals surface area contributed by atoms with Crippen molar-refractivity contribution in [1.29, 1.82) is 0 Å². The van der Waals surface area contributed by atoms with Gasteiger partial charge in [0.1, 0.15) is 11.6 Å². The zero-order valence-corrected chi connectivity index (χ0v) is 8.35. The summed E-state index contributed by atoms with van der Waals surface area (Å²) in [7, 11) is 0. The van der Waals surface area contributed by atoms with E-state index in [1.165, 1.54) is 18.3 Å². The fraction of sp³-hybridized carbons (Fsp3) is 0.100. The summed E-state index contributed by atoms with van der Waals surface area (Å²) < 4.78 is 50.2. The predicted molar refractivity (Wildman–Crippen MR) is 53.3 cm³/mol. The van der Waals surface area contributed by atoms with Gasteiger partial charge in [-0.15, -0.1) is 0 Å². The minimum atomic E-state index is -4.71. The third-order valence-corrected chi connectivity index (χ3v) is 2.05. The molecule has 17 heavy (non-hydrogen) atoms. The largest absolute Gasteiger partial charge is 0.419 e. The summed E-state index contributed by atoms with van der Waals surface area (Å²) >= 11 is 0. The Kier molecular flexibility index (Phi) is 2.74. The standard InChI is InChI=1S/C10H7F4N3/c11-8-2-1-6(5-7(8)10(12,13)14)16-9-3-4-15-17-9/h1-5H,(H2,15,16,17). The first kappa shape index (κ1) is 11.4. The van der Waals surface area contributed by atoms with Gasteiger partial charge in [-0.05, 0) is 18.2 Å². The summed E-state index contributed by atoms with van der Waals surface area (Å²) in [6.07, 6.45) is -3.27. The quantitative estimate of drug-likeness (QED) is 0.797. The van der Waals surface area contributed by atoms with E-state index in [0.717, 1.165) is 6.07 Å². The molecule has 0 aliphatic heterocycles. The summed E-state index contributed by atoms with van der Waals surface area (Å²) in [6, 6.07) is 4.22. The molecule has 3 nitrogen and oxygen atoms in total. The molecule has 2 N–H and O–H groups in total. The van der Waals surface area contributed by atoms with Gasteiger partial charge in [-0.25, -0.2) is 4.39 Å². The molecule has 0 unspecified atom stereocenters. The van der Waals surface area contributed by atoms with Crippen LogP contribution in [0, 0.1) is 5.82 Å². The Balaban J connectivity index is 2.31. The summed E-state index contributed by atoms with van der Waals surface area (Å²) in [5.74, 6) is -0.877. The molecular formula is C10H7F4N3. The van der Waals surface area contributed by atoms with Crippen LogP contribution >= 0.6 is 0 Å². The van der Waals surface area contributed by atoms with E-state index in [4.69, 9.17) is 0 Å². The highest BCUT2D eigenvalue weighted by Gasteiger charge is 2.34. The molecule has 0 saturated carbocycles. The van der Waals surface area contributed by atoms with Crippen molar-refractivity contribution in [3.63, 3.8) is 0 Å². The Hall–Kier alpha value is -2.05. The molecule has 2 aromatic rings. The number of H-pyrrole nitrogens is 1. The summed E-state index contributed by atoms with van der Waals surface area (Å²) in [5.41, 5.74) is -1.18. The van der Waals surface area contributed by atoms with E-state index in [1.54, 1.807) is 0 Å². The van der Waals surface area contributed by atoms with Gasteiger partial charge in [0.25, 0.3) is 0 Å². The first-order chi connectivity index (χ1) is 7.97. The van der Waals surface area contributed by atoms with Crippen molar-refractivity contribution in [2.75, 3.05) is 5.32 Å². The number of nitrogens with zero attached hydrogens (tertiary/aromatic N) is 1. The van der Waals surface area contributed by atoms with Crippen molar-refractivity contribution < 1.29 is 17.6 Å². The van der Waals surface area contributed by atoms with Crippen LogP contribution in [-0.4, -0.2) is 10.2 Å². The Morgan fingerprint density at radius 2 is 1.94 bits per heavy atom. The Bertz CT molecular complexity index is 505. The van der Waals surface area contributed by atoms with Crippen LogP contribution in [0.5, 0.6) is 0 Å². The van der Waals surface area contributed by atoms with Crippen LogP contribution in [0.3, 0.4) is 0 Å². The van der Waals surface area contributed by atoms with Crippen LogP contribution in [0.4, 0.5) is 29.1 Å². The molecule has 0 bridgehead atoms. The molecule has 1 aromatic heterocycles. The van der Waals surface area contributed by atoms with E-state index in [0.29, 0.717) is 11.9 Å². The molecule has 0 atom stereocenters. The highest BCUT2D eigenvalue weighted by molar-refractivity contribution is 5.57. The molecule has 0 spiro atoms. The number of halogens is 4. The fourth-order valence-electron chi connectivity index (χ4n) is 1.30. The van der Waals surface area contributed by atoms with Gasteiger partial charge >= 0.3 is 6.18 Å². The fourth-order valence-corrected chi connectivity index (χ4v) is 1.30. The minimum absolute atomic E-state index is 0.128. The third kappa shape index (κ3) is 2.55. The van der Waals surface area contributed by atoms with Gasteiger partial charge in [0, 0.05) is 11.8 Å². The van der Waals surface area contributed by atoms with Gasteiger partial charge in [-0.1, -0.05) is 0 Å². The van der Waals surface area contributed by atoms with Gasteiger partial charge in [-0.3, -0.25) is 5.10 Å². The smallest absolute Gasteiger partial charge is 0.341 e. The lowest BCUT2D eigenvalue weighted by atomic mass is 10.2. The zero-order valence-electron chi connectivity index (χ0n) is 8.35. The maximum absolute atomic E-state index is 13.0. The molecule has 0 fully saturated rings. The number of anilines is 2. The molecule has 0 aliphatic rings. The Labute approximate surface area is 93.5 Å². The van der Waals surface area contributed by atoms with Crippen LogP contribution in [0.2, 0.25) is 0 Å². The van der Waals surface area contributed by atoms with Crippen molar-refractivity contribution in [2.24, 2.45) is 0 Å². The SMILES string of the molecule is Fc1ccc(Nc2ccn[nH]2)cc1C(F)(F)F. The van der Waals surface area contributed by atoms with Crippen molar-refractivity contribution in [2.45, 2.75) is 6.18 Å². The second-order valence-electron chi connectivity index (χ2n) is 3.29. The van der Waals surface area contributed by atoms with Gasteiger partial charge in [0.2, 0.25) is 0 Å².